The van der Waals surface area contributed by atoms with Gasteiger partial charge in [-0.15, -0.1) is 0 Å². The first-order chi connectivity index (χ1) is 14.8. The van der Waals surface area contributed by atoms with Crippen LogP contribution in [0, 0.1) is 5.82 Å². The molecule has 0 atom stereocenters. The number of esters is 1. The second kappa shape index (κ2) is 9.47. The Bertz CT molecular complexity index is 1030. The van der Waals surface area contributed by atoms with Gasteiger partial charge in [-0.1, -0.05) is 19.3 Å². The molecule has 0 aliphatic heterocycles. The zero-order chi connectivity index (χ0) is 22.5. The summed E-state index contributed by atoms with van der Waals surface area (Å²) in [5.41, 5.74) is -0.494. The molecule has 1 fully saturated rings. The summed E-state index contributed by atoms with van der Waals surface area (Å²) < 4.78 is 45.4. The fraction of sp³-hybridized carbons (Fsp3) is 0.364. The van der Waals surface area contributed by atoms with Crippen molar-refractivity contribution in [3.63, 3.8) is 0 Å². The Hall–Kier alpha value is -2.94. The third-order valence-electron chi connectivity index (χ3n) is 5.25. The van der Waals surface area contributed by atoms with Crippen LogP contribution >= 0.6 is 0 Å². The maximum atomic E-state index is 13.0. The van der Waals surface area contributed by atoms with Gasteiger partial charge in [0.2, 0.25) is 0 Å². The SMILES string of the molecule is CCOC(=O)C1(NC(=O)c2ccc(NS(=O)(=O)c3ccc(F)cc3)cc2)CCCCC1. The zero-order valence-corrected chi connectivity index (χ0v) is 18.0. The topological polar surface area (TPSA) is 102 Å². The van der Waals surface area contributed by atoms with Crippen molar-refractivity contribution in [1.82, 2.24) is 5.32 Å². The molecule has 2 N–H and O–H groups in total. The predicted octanol–water partition coefficient (Wildman–Crippen LogP) is 3.62. The van der Waals surface area contributed by atoms with Gasteiger partial charge in [-0.2, -0.15) is 0 Å². The number of rotatable bonds is 7. The van der Waals surface area contributed by atoms with Crippen molar-refractivity contribution in [2.24, 2.45) is 0 Å². The van der Waals surface area contributed by atoms with E-state index in [2.05, 4.69) is 10.0 Å². The highest BCUT2D eigenvalue weighted by molar-refractivity contribution is 7.92. The molecule has 166 valence electrons. The molecule has 0 saturated heterocycles. The lowest BCUT2D eigenvalue weighted by atomic mass is 9.81. The van der Waals surface area contributed by atoms with Crippen LogP contribution in [0.5, 0.6) is 0 Å². The van der Waals surface area contributed by atoms with Gasteiger partial charge in [0.15, 0.2) is 0 Å². The molecule has 9 heteroatoms. The van der Waals surface area contributed by atoms with Gasteiger partial charge < -0.3 is 10.1 Å². The first-order valence-electron chi connectivity index (χ1n) is 10.1. The standard InChI is InChI=1S/C22H25FN2O5S/c1-2-30-21(27)22(14-4-3-5-15-22)24-20(26)16-6-10-18(11-7-16)25-31(28,29)19-12-8-17(23)9-13-19/h6-13,25H,2-5,14-15H2,1H3,(H,24,26). The van der Waals surface area contributed by atoms with E-state index < -0.39 is 33.3 Å². The van der Waals surface area contributed by atoms with E-state index in [4.69, 9.17) is 4.74 Å². The molecular formula is C22H25FN2O5S. The van der Waals surface area contributed by atoms with E-state index >= 15 is 0 Å². The Morgan fingerprint density at radius 3 is 2.19 bits per heavy atom. The fourth-order valence-electron chi connectivity index (χ4n) is 3.61. The van der Waals surface area contributed by atoms with Gasteiger partial charge in [0, 0.05) is 11.3 Å². The number of anilines is 1. The molecule has 0 radical (unpaired) electrons. The molecular weight excluding hydrogens is 423 g/mol. The summed E-state index contributed by atoms with van der Waals surface area (Å²) in [4.78, 5) is 25.2. The van der Waals surface area contributed by atoms with Crippen molar-refractivity contribution in [3.8, 4) is 0 Å². The molecule has 31 heavy (non-hydrogen) atoms. The van der Waals surface area contributed by atoms with Crippen LogP contribution in [0.1, 0.15) is 49.4 Å². The first kappa shape index (κ1) is 22.7. The quantitative estimate of drug-likeness (QED) is 0.630. The molecule has 1 amide bonds. The van der Waals surface area contributed by atoms with Crippen LogP contribution in [0.3, 0.4) is 0 Å². The van der Waals surface area contributed by atoms with Crippen molar-refractivity contribution in [3.05, 3.63) is 59.9 Å². The van der Waals surface area contributed by atoms with Gasteiger partial charge in [0.05, 0.1) is 11.5 Å². The normalized spacial score (nSPS) is 15.7. The molecule has 3 rings (SSSR count). The molecule has 0 unspecified atom stereocenters. The summed E-state index contributed by atoms with van der Waals surface area (Å²) >= 11 is 0. The van der Waals surface area contributed by atoms with Crippen molar-refractivity contribution < 1.29 is 27.1 Å². The van der Waals surface area contributed by atoms with E-state index in [0.29, 0.717) is 18.4 Å². The number of halogens is 1. The highest BCUT2D eigenvalue weighted by Crippen LogP contribution is 2.30. The number of hydrogen-bond donors (Lipinski definition) is 2. The second-order valence-corrected chi connectivity index (χ2v) is 9.14. The third-order valence-corrected chi connectivity index (χ3v) is 6.65. The highest BCUT2D eigenvalue weighted by atomic mass is 32.2. The van der Waals surface area contributed by atoms with E-state index in [1.807, 2.05) is 0 Å². The van der Waals surface area contributed by atoms with E-state index in [1.54, 1.807) is 6.92 Å². The number of carbonyl (C=O) groups excluding carboxylic acids is 2. The summed E-state index contributed by atoms with van der Waals surface area (Å²) in [5, 5.41) is 2.84. The summed E-state index contributed by atoms with van der Waals surface area (Å²) in [5.74, 6) is -1.39. The third kappa shape index (κ3) is 5.41. The first-order valence-corrected chi connectivity index (χ1v) is 11.6. The molecule has 0 heterocycles. The Balaban J connectivity index is 1.72. The number of benzene rings is 2. The largest absolute Gasteiger partial charge is 0.464 e. The average molecular weight is 449 g/mol. The number of nitrogens with one attached hydrogen (secondary N) is 2. The lowest BCUT2D eigenvalue weighted by Crippen LogP contribution is -2.56. The van der Waals surface area contributed by atoms with Crippen LogP contribution in [-0.4, -0.2) is 32.4 Å². The Labute approximate surface area is 181 Å². The van der Waals surface area contributed by atoms with Crippen LogP contribution in [0.4, 0.5) is 10.1 Å². The molecule has 0 bridgehead atoms. The summed E-state index contributed by atoms with van der Waals surface area (Å²) in [6.45, 7) is 1.96. The van der Waals surface area contributed by atoms with Gasteiger partial charge in [0.25, 0.3) is 15.9 Å². The number of amides is 1. The van der Waals surface area contributed by atoms with Crippen LogP contribution in [0.25, 0.3) is 0 Å². The van der Waals surface area contributed by atoms with E-state index in [0.717, 1.165) is 31.4 Å². The predicted molar refractivity (Wildman–Crippen MR) is 114 cm³/mol. The van der Waals surface area contributed by atoms with Crippen LogP contribution in [0.15, 0.2) is 53.4 Å². The molecule has 0 spiro atoms. The lowest BCUT2D eigenvalue weighted by Gasteiger charge is -2.35. The maximum absolute atomic E-state index is 13.0. The van der Waals surface area contributed by atoms with E-state index in [9.17, 15) is 22.4 Å². The van der Waals surface area contributed by atoms with Crippen molar-refractivity contribution in [2.75, 3.05) is 11.3 Å². The number of carbonyl (C=O) groups is 2. The van der Waals surface area contributed by atoms with E-state index in [1.165, 1.54) is 36.4 Å². The Morgan fingerprint density at radius 2 is 1.61 bits per heavy atom. The average Bonchev–Trinajstić information content (AvgIpc) is 2.75. The van der Waals surface area contributed by atoms with Gasteiger partial charge in [-0.3, -0.25) is 9.52 Å². The summed E-state index contributed by atoms with van der Waals surface area (Å²) in [6, 6.07) is 10.3. The number of hydrogen-bond acceptors (Lipinski definition) is 5. The van der Waals surface area contributed by atoms with Crippen LogP contribution in [-0.2, 0) is 19.6 Å². The molecule has 2 aromatic carbocycles. The minimum absolute atomic E-state index is 0.0793. The summed E-state index contributed by atoms with van der Waals surface area (Å²) in [7, 11) is -3.89. The molecule has 1 aliphatic rings. The van der Waals surface area contributed by atoms with Gasteiger partial charge >= 0.3 is 5.97 Å². The smallest absolute Gasteiger partial charge is 0.331 e. The van der Waals surface area contributed by atoms with Crippen molar-refractivity contribution in [2.45, 2.75) is 49.5 Å². The van der Waals surface area contributed by atoms with E-state index in [-0.39, 0.29) is 17.2 Å². The number of sulfonamides is 1. The fourth-order valence-corrected chi connectivity index (χ4v) is 4.67. The maximum Gasteiger partial charge on any atom is 0.331 e. The van der Waals surface area contributed by atoms with Crippen LogP contribution in [0.2, 0.25) is 0 Å². The zero-order valence-electron chi connectivity index (χ0n) is 17.2. The molecule has 1 aliphatic carbocycles. The molecule has 0 aromatic heterocycles. The minimum Gasteiger partial charge on any atom is -0.464 e. The number of ether oxygens (including phenoxy) is 1. The Kier molecular flexibility index (Phi) is 6.94. The molecule has 7 nitrogen and oxygen atoms in total. The van der Waals surface area contributed by atoms with Crippen molar-refractivity contribution >= 4 is 27.6 Å². The summed E-state index contributed by atoms with van der Waals surface area (Å²) in [6.07, 6.45) is 3.69. The second-order valence-electron chi connectivity index (χ2n) is 7.45. The monoisotopic (exact) mass is 448 g/mol. The molecule has 1 saturated carbocycles. The van der Waals surface area contributed by atoms with Gasteiger partial charge in [0.1, 0.15) is 11.4 Å². The van der Waals surface area contributed by atoms with Gasteiger partial charge in [-0.25, -0.2) is 17.6 Å². The molecule has 2 aromatic rings. The highest BCUT2D eigenvalue weighted by Gasteiger charge is 2.42. The van der Waals surface area contributed by atoms with Crippen LogP contribution < -0.4 is 10.0 Å². The van der Waals surface area contributed by atoms with Crippen molar-refractivity contribution in [1.29, 1.82) is 0 Å². The minimum atomic E-state index is -3.89. The Morgan fingerprint density at radius 1 is 1.00 bits per heavy atom. The van der Waals surface area contributed by atoms with Gasteiger partial charge in [-0.05, 0) is 68.3 Å². The lowest BCUT2D eigenvalue weighted by molar-refractivity contribution is -0.152.